The molecule has 3 heterocycles. The van der Waals surface area contributed by atoms with Gasteiger partial charge in [0, 0.05) is 30.8 Å². The first-order valence-electron chi connectivity index (χ1n) is 10.9. The summed E-state index contributed by atoms with van der Waals surface area (Å²) in [5.74, 6) is 1.48. The maximum atomic E-state index is 12.9. The summed E-state index contributed by atoms with van der Waals surface area (Å²) in [4.78, 5) is 25.2. The molecule has 2 N–H and O–H groups in total. The second-order valence-electron chi connectivity index (χ2n) is 7.94. The van der Waals surface area contributed by atoms with E-state index in [0.29, 0.717) is 17.9 Å². The zero-order chi connectivity index (χ0) is 20.9. The summed E-state index contributed by atoms with van der Waals surface area (Å²) >= 11 is 0. The number of benzene rings is 1. The smallest absolute Gasteiger partial charge is 0.253 e. The number of fused-ring (bicyclic) bond motifs is 1. The zero-order valence-corrected chi connectivity index (χ0v) is 17.4. The Morgan fingerprint density at radius 1 is 1.23 bits per heavy atom. The lowest BCUT2D eigenvalue weighted by atomic mass is 10.1. The van der Waals surface area contributed by atoms with E-state index in [0.717, 1.165) is 56.7 Å². The standard InChI is InChI=1S/C22H29N5O3/c1-2-17(20-26-25-19-11-4-3-5-12-27(19)20)24-21(28)15-8-6-9-16(14-15)23-22(29)18-10-7-13-30-18/h6,8-9,14,17-18H,2-5,7,10-13H2,1H3,(H,23,29)(H,24,28)/t17-,18-/m1/s1. The number of ether oxygens (including phenoxy) is 1. The van der Waals surface area contributed by atoms with Gasteiger partial charge in [0.15, 0.2) is 5.82 Å². The molecule has 2 aliphatic rings. The molecule has 1 fully saturated rings. The summed E-state index contributed by atoms with van der Waals surface area (Å²) in [6.07, 6.45) is 6.30. The Balaban J connectivity index is 1.45. The molecule has 4 rings (SSSR count). The molecule has 0 bridgehead atoms. The quantitative estimate of drug-likeness (QED) is 0.761. The van der Waals surface area contributed by atoms with Gasteiger partial charge in [0.25, 0.3) is 11.8 Å². The molecule has 2 aliphatic heterocycles. The van der Waals surface area contributed by atoms with Crippen molar-refractivity contribution in [3.05, 3.63) is 41.5 Å². The number of hydrogen-bond donors (Lipinski definition) is 2. The van der Waals surface area contributed by atoms with Crippen LogP contribution in [0, 0.1) is 0 Å². The number of carbonyl (C=O) groups is 2. The van der Waals surface area contributed by atoms with E-state index in [1.807, 2.05) is 6.92 Å². The van der Waals surface area contributed by atoms with Crippen molar-refractivity contribution < 1.29 is 14.3 Å². The van der Waals surface area contributed by atoms with Crippen LogP contribution < -0.4 is 10.6 Å². The van der Waals surface area contributed by atoms with Crippen molar-refractivity contribution >= 4 is 17.5 Å². The number of rotatable bonds is 6. The van der Waals surface area contributed by atoms with Crippen molar-refractivity contribution in [2.24, 2.45) is 0 Å². The molecule has 0 radical (unpaired) electrons. The molecule has 2 aromatic rings. The highest BCUT2D eigenvalue weighted by Gasteiger charge is 2.25. The largest absolute Gasteiger partial charge is 0.368 e. The molecular weight excluding hydrogens is 382 g/mol. The van der Waals surface area contributed by atoms with Crippen molar-refractivity contribution in [3.8, 4) is 0 Å². The maximum absolute atomic E-state index is 12.9. The van der Waals surface area contributed by atoms with Gasteiger partial charge < -0.3 is 19.9 Å². The Labute approximate surface area is 176 Å². The first-order chi connectivity index (χ1) is 14.7. The summed E-state index contributed by atoms with van der Waals surface area (Å²) in [6.45, 7) is 3.54. The van der Waals surface area contributed by atoms with Gasteiger partial charge in [-0.1, -0.05) is 19.4 Å². The van der Waals surface area contributed by atoms with Crippen molar-refractivity contribution in [2.75, 3.05) is 11.9 Å². The van der Waals surface area contributed by atoms with E-state index in [4.69, 9.17) is 4.74 Å². The molecule has 160 valence electrons. The minimum absolute atomic E-state index is 0.164. The lowest BCUT2D eigenvalue weighted by Crippen LogP contribution is -2.31. The Morgan fingerprint density at radius 3 is 2.93 bits per heavy atom. The summed E-state index contributed by atoms with van der Waals surface area (Å²) < 4.78 is 7.59. The molecule has 1 saturated heterocycles. The predicted molar refractivity (Wildman–Crippen MR) is 112 cm³/mol. The number of aryl methyl sites for hydroxylation is 1. The van der Waals surface area contributed by atoms with Crippen molar-refractivity contribution in [3.63, 3.8) is 0 Å². The van der Waals surface area contributed by atoms with E-state index in [2.05, 4.69) is 25.4 Å². The average molecular weight is 412 g/mol. The molecule has 1 aromatic heterocycles. The molecule has 0 unspecified atom stereocenters. The fraction of sp³-hybridized carbons (Fsp3) is 0.545. The molecule has 2 amide bonds. The Hall–Kier alpha value is -2.74. The van der Waals surface area contributed by atoms with E-state index in [1.54, 1.807) is 24.3 Å². The Bertz CT molecular complexity index is 904. The fourth-order valence-electron chi connectivity index (χ4n) is 4.10. The molecule has 8 heteroatoms. The van der Waals surface area contributed by atoms with Crippen LogP contribution in [0.1, 0.15) is 73.5 Å². The average Bonchev–Trinajstić information content (AvgIpc) is 3.38. The van der Waals surface area contributed by atoms with Gasteiger partial charge >= 0.3 is 0 Å². The van der Waals surface area contributed by atoms with Crippen LogP contribution in [0.4, 0.5) is 5.69 Å². The van der Waals surface area contributed by atoms with Crippen LogP contribution in [0.3, 0.4) is 0 Å². The molecule has 8 nitrogen and oxygen atoms in total. The second-order valence-corrected chi connectivity index (χ2v) is 7.94. The van der Waals surface area contributed by atoms with Gasteiger partial charge in [-0.2, -0.15) is 0 Å². The normalized spacial score (nSPS) is 19.6. The van der Waals surface area contributed by atoms with Crippen LogP contribution in [0.15, 0.2) is 24.3 Å². The number of hydrogen-bond acceptors (Lipinski definition) is 5. The molecule has 1 aromatic carbocycles. The highest BCUT2D eigenvalue weighted by atomic mass is 16.5. The molecule has 2 atom stereocenters. The number of aromatic nitrogens is 3. The fourth-order valence-corrected chi connectivity index (χ4v) is 4.10. The number of nitrogens with zero attached hydrogens (tertiary/aromatic N) is 3. The first-order valence-corrected chi connectivity index (χ1v) is 10.9. The monoisotopic (exact) mass is 411 g/mol. The van der Waals surface area contributed by atoms with Gasteiger partial charge in [0.2, 0.25) is 0 Å². The third-order valence-corrected chi connectivity index (χ3v) is 5.78. The summed E-state index contributed by atoms with van der Waals surface area (Å²) in [5.41, 5.74) is 1.08. The Kier molecular flexibility index (Phi) is 6.42. The molecule has 0 aliphatic carbocycles. The van der Waals surface area contributed by atoms with Gasteiger partial charge in [-0.25, -0.2) is 0 Å². The number of carbonyl (C=O) groups excluding carboxylic acids is 2. The SMILES string of the molecule is CC[C@@H](NC(=O)c1cccc(NC(=O)[C@H]2CCCO2)c1)c1nnc2n1CCCCC2. The number of amides is 2. The first kappa shape index (κ1) is 20.5. The minimum atomic E-state index is -0.407. The molecular formula is C22H29N5O3. The van der Waals surface area contributed by atoms with E-state index in [1.165, 1.54) is 6.42 Å². The van der Waals surface area contributed by atoms with Gasteiger partial charge in [-0.3, -0.25) is 9.59 Å². The lowest BCUT2D eigenvalue weighted by Gasteiger charge is -2.18. The molecule has 30 heavy (non-hydrogen) atoms. The van der Waals surface area contributed by atoms with Crippen LogP contribution in [-0.2, 0) is 22.5 Å². The number of nitrogens with one attached hydrogen (secondary N) is 2. The third kappa shape index (κ3) is 4.53. The van der Waals surface area contributed by atoms with Gasteiger partial charge in [-0.05, 0) is 50.3 Å². The summed E-state index contributed by atoms with van der Waals surface area (Å²) in [5, 5.41) is 14.7. The molecule has 0 saturated carbocycles. The lowest BCUT2D eigenvalue weighted by molar-refractivity contribution is -0.124. The zero-order valence-electron chi connectivity index (χ0n) is 17.4. The third-order valence-electron chi connectivity index (χ3n) is 5.78. The second kappa shape index (κ2) is 9.38. The Morgan fingerprint density at radius 2 is 2.13 bits per heavy atom. The van der Waals surface area contributed by atoms with Crippen LogP contribution in [-0.4, -0.2) is 39.3 Å². The minimum Gasteiger partial charge on any atom is -0.368 e. The molecule has 0 spiro atoms. The van der Waals surface area contributed by atoms with Gasteiger partial charge in [0.1, 0.15) is 11.9 Å². The highest BCUT2D eigenvalue weighted by molar-refractivity contribution is 5.98. The van der Waals surface area contributed by atoms with Crippen molar-refractivity contribution in [1.82, 2.24) is 20.1 Å². The van der Waals surface area contributed by atoms with E-state index in [9.17, 15) is 9.59 Å². The maximum Gasteiger partial charge on any atom is 0.253 e. The summed E-state index contributed by atoms with van der Waals surface area (Å²) in [6, 6.07) is 6.78. The van der Waals surface area contributed by atoms with Crippen LogP contribution in [0.2, 0.25) is 0 Å². The van der Waals surface area contributed by atoms with Crippen LogP contribution in [0.25, 0.3) is 0 Å². The van der Waals surface area contributed by atoms with Crippen molar-refractivity contribution in [2.45, 2.75) is 70.6 Å². The predicted octanol–water partition coefficient (Wildman–Crippen LogP) is 3.00. The van der Waals surface area contributed by atoms with Crippen molar-refractivity contribution in [1.29, 1.82) is 0 Å². The highest BCUT2D eigenvalue weighted by Crippen LogP contribution is 2.22. The van der Waals surface area contributed by atoms with Crippen LogP contribution in [0.5, 0.6) is 0 Å². The van der Waals surface area contributed by atoms with Crippen LogP contribution >= 0.6 is 0 Å². The van der Waals surface area contributed by atoms with E-state index in [-0.39, 0.29) is 17.9 Å². The van der Waals surface area contributed by atoms with E-state index >= 15 is 0 Å². The van der Waals surface area contributed by atoms with Gasteiger partial charge in [-0.15, -0.1) is 10.2 Å². The topological polar surface area (TPSA) is 98.1 Å². The summed E-state index contributed by atoms with van der Waals surface area (Å²) in [7, 11) is 0. The van der Waals surface area contributed by atoms with E-state index < -0.39 is 6.10 Å². The van der Waals surface area contributed by atoms with Gasteiger partial charge in [0.05, 0.1) is 6.04 Å². The number of anilines is 1.